The Morgan fingerprint density at radius 2 is 1.71 bits per heavy atom. The van der Waals surface area contributed by atoms with Gasteiger partial charge in [-0.1, -0.05) is 12.1 Å². The van der Waals surface area contributed by atoms with Crippen LogP contribution in [-0.4, -0.2) is 69.9 Å². The molecule has 1 fully saturated rings. The largest absolute Gasteiger partial charge is 0.340 e. The molecule has 9 nitrogen and oxygen atoms in total. The van der Waals surface area contributed by atoms with E-state index in [0.717, 1.165) is 27.7 Å². The van der Waals surface area contributed by atoms with Crippen LogP contribution in [0.15, 0.2) is 53.7 Å². The summed E-state index contributed by atoms with van der Waals surface area (Å²) in [6, 6.07) is 9.54. The zero-order chi connectivity index (χ0) is 22.0. The predicted octanol–water partition coefficient (Wildman–Crippen LogP) is 1.02. The average Bonchev–Trinajstić information content (AvgIpc) is 3.29. The molecule has 1 saturated heterocycles. The second-order valence-corrected chi connectivity index (χ2v) is 8.86. The summed E-state index contributed by atoms with van der Waals surface area (Å²) in [6.45, 7) is 0.430. The maximum atomic E-state index is 13.9. The average molecular weight is 448 g/mol. The molecule has 162 valence electrons. The van der Waals surface area contributed by atoms with Gasteiger partial charge in [-0.3, -0.25) is 4.79 Å². The Kier molecular flexibility index (Phi) is 5.74. The van der Waals surface area contributed by atoms with E-state index in [9.17, 15) is 22.0 Å². The highest BCUT2D eigenvalue weighted by atomic mass is 32.2. The van der Waals surface area contributed by atoms with E-state index < -0.39 is 26.6 Å². The number of carbonyl (C=O) groups excluding carboxylic acids is 1. The first kappa shape index (κ1) is 21.0. The standard InChI is InChI=1S/C19H18F2N6O3S/c20-15-3-6-18(17(21)12-15)31(29,30)26-9-7-25(8-10-26)19(28)11-14-1-4-16(5-2-14)27-13-22-23-24-27/h1-6,12-13H,7-11H2. The van der Waals surface area contributed by atoms with Gasteiger partial charge in [0, 0.05) is 32.2 Å². The third kappa shape index (κ3) is 4.44. The number of sulfonamides is 1. The highest BCUT2D eigenvalue weighted by Crippen LogP contribution is 2.21. The molecule has 1 amide bonds. The van der Waals surface area contributed by atoms with Gasteiger partial charge in [0.2, 0.25) is 15.9 Å². The number of benzene rings is 2. The Labute approximate surface area is 176 Å². The van der Waals surface area contributed by atoms with Crippen LogP contribution in [-0.2, 0) is 21.2 Å². The Morgan fingerprint density at radius 1 is 1.00 bits per heavy atom. The summed E-state index contributed by atoms with van der Waals surface area (Å²) in [5, 5.41) is 10.9. The summed E-state index contributed by atoms with van der Waals surface area (Å²) < 4.78 is 55.0. The third-order valence-corrected chi connectivity index (χ3v) is 6.94. The van der Waals surface area contributed by atoms with Crippen molar-refractivity contribution >= 4 is 15.9 Å². The quantitative estimate of drug-likeness (QED) is 0.578. The summed E-state index contributed by atoms with van der Waals surface area (Å²) in [5.74, 6) is -2.12. The van der Waals surface area contributed by atoms with Gasteiger partial charge < -0.3 is 4.90 Å². The molecule has 0 radical (unpaired) electrons. The Bertz CT molecular complexity index is 1180. The molecule has 1 aliphatic heterocycles. The van der Waals surface area contributed by atoms with E-state index in [1.165, 1.54) is 11.0 Å². The molecule has 4 rings (SSSR count). The second kappa shape index (κ2) is 8.47. The zero-order valence-electron chi connectivity index (χ0n) is 16.2. The third-order valence-electron chi connectivity index (χ3n) is 5.01. The van der Waals surface area contributed by atoms with Crippen molar-refractivity contribution in [1.82, 2.24) is 29.4 Å². The molecule has 0 spiro atoms. The fraction of sp³-hybridized carbons (Fsp3) is 0.263. The van der Waals surface area contributed by atoms with Crippen LogP contribution in [0.5, 0.6) is 0 Å². The van der Waals surface area contributed by atoms with Gasteiger partial charge in [0.25, 0.3) is 0 Å². The molecule has 3 aromatic rings. The van der Waals surface area contributed by atoms with E-state index in [1.54, 1.807) is 29.2 Å². The molecule has 1 aromatic heterocycles. The SMILES string of the molecule is O=C(Cc1ccc(-n2cnnn2)cc1)N1CCN(S(=O)(=O)c2ccc(F)cc2F)CC1. The highest BCUT2D eigenvalue weighted by molar-refractivity contribution is 7.89. The number of piperazine rings is 1. The van der Waals surface area contributed by atoms with Crippen LogP contribution in [0.3, 0.4) is 0 Å². The number of amides is 1. The van der Waals surface area contributed by atoms with Crippen LogP contribution in [0, 0.1) is 11.6 Å². The number of aromatic nitrogens is 4. The first-order valence-electron chi connectivity index (χ1n) is 9.40. The van der Waals surface area contributed by atoms with Crippen molar-refractivity contribution in [3.05, 3.63) is 66.0 Å². The number of hydrogen-bond donors (Lipinski definition) is 0. The number of rotatable bonds is 5. The Hall–Kier alpha value is -3.25. The fourth-order valence-corrected chi connectivity index (χ4v) is 4.80. The molecule has 0 unspecified atom stereocenters. The molecular formula is C19H18F2N6O3S. The second-order valence-electron chi connectivity index (χ2n) is 6.96. The molecule has 0 bridgehead atoms. The molecule has 31 heavy (non-hydrogen) atoms. The molecule has 0 aliphatic carbocycles. The maximum absolute atomic E-state index is 13.9. The van der Waals surface area contributed by atoms with Crippen LogP contribution in [0.1, 0.15) is 5.56 Å². The number of halogens is 2. The van der Waals surface area contributed by atoms with Gasteiger partial charge in [-0.2, -0.15) is 4.31 Å². The first-order valence-corrected chi connectivity index (χ1v) is 10.8. The van der Waals surface area contributed by atoms with Gasteiger partial charge in [0.15, 0.2) is 0 Å². The topological polar surface area (TPSA) is 101 Å². The Balaban J connectivity index is 1.36. The van der Waals surface area contributed by atoms with Gasteiger partial charge in [-0.05, 0) is 40.3 Å². The van der Waals surface area contributed by atoms with Crippen molar-refractivity contribution in [3.8, 4) is 5.69 Å². The minimum absolute atomic E-state index is 0.0309. The van der Waals surface area contributed by atoms with Gasteiger partial charge in [-0.25, -0.2) is 21.9 Å². The van der Waals surface area contributed by atoms with E-state index >= 15 is 0 Å². The van der Waals surface area contributed by atoms with E-state index in [-0.39, 0.29) is 38.5 Å². The van der Waals surface area contributed by atoms with Crippen molar-refractivity contribution in [2.45, 2.75) is 11.3 Å². The minimum Gasteiger partial charge on any atom is -0.340 e. The lowest BCUT2D eigenvalue weighted by molar-refractivity contribution is -0.131. The highest BCUT2D eigenvalue weighted by Gasteiger charge is 2.32. The molecule has 0 N–H and O–H groups in total. The van der Waals surface area contributed by atoms with Crippen LogP contribution < -0.4 is 0 Å². The number of hydrogen-bond acceptors (Lipinski definition) is 6. The van der Waals surface area contributed by atoms with Gasteiger partial charge in [0.1, 0.15) is 22.9 Å². The Morgan fingerprint density at radius 3 is 2.32 bits per heavy atom. The summed E-state index contributed by atoms with van der Waals surface area (Å²) in [4.78, 5) is 13.6. The van der Waals surface area contributed by atoms with Crippen LogP contribution in [0.4, 0.5) is 8.78 Å². The van der Waals surface area contributed by atoms with Crippen LogP contribution in [0.25, 0.3) is 5.69 Å². The van der Waals surface area contributed by atoms with Gasteiger partial charge in [-0.15, -0.1) is 5.10 Å². The van der Waals surface area contributed by atoms with E-state index in [4.69, 9.17) is 0 Å². The van der Waals surface area contributed by atoms with Crippen LogP contribution >= 0.6 is 0 Å². The molecule has 1 aliphatic rings. The lowest BCUT2D eigenvalue weighted by atomic mass is 10.1. The van der Waals surface area contributed by atoms with Gasteiger partial charge >= 0.3 is 0 Å². The maximum Gasteiger partial charge on any atom is 0.246 e. The lowest BCUT2D eigenvalue weighted by Crippen LogP contribution is -2.51. The molecule has 2 aromatic carbocycles. The molecule has 12 heteroatoms. The van der Waals surface area contributed by atoms with E-state index in [0.29, 0.717) is 6.07 Å². The van der Waals surface area contributed by atoms with E-state index in [2.05, 4.69) is 15.5 Å². The van der Waals surface area contributed by atoms with Gasteiger partial charge in [0.05, 0.1) is 12.1 Å². The van der Waals surface area contributed by atoms with E-state index in [1.807, 2.05) is 0 Å². The van der Waals surface area contributed by atoms with Crippen molar-refractivity contribution in [1.29, 1.82) is 0 Å². The number of carbonyl (C=O) groups is 1. The zero-order valence-corrected chi connectivity index (χ0v) is 17.0. The molecule has 2 heterocycles. The van der Waals surface area contributed by atoms with Crippen molar-refractivity contribution in [2.75, 3.05) is 26.2 Å². The first-order chi connectivity index (χ1) is 14.8. The monoisotopic (exact) mass is 448 g/mol. The molecule has 0 atom stereocenters. The predicted molar refractivity (Wildman–Crippen MR) is 105 cm³/mol. The van der Waals surface area contributed by atoms with Crippen molar-refractivity contribution in [3.63, 3.8) is 0 Å². The summed E-state index contributed by atoms with van der Waals surface area (Å²) in [6.07, 6.45) is 1.63. The normalized spacial score (nSPS) is 15.2. The van der Waals surface area contributed by atoms with Crippen molar-refractivity contribution in [2.24, 2.45) is 0 Å². The molecular weight excluding hydrogens is 430 g/mol. The number of tetrazole rings is 1. The summed E-state index contributed by atoms with van der Waals surface area (Å²) >= 11 is 0. The minimum atomic E-state index is -4.11. The number of nitrogens with zero attached hydrogens (tertiary/aromatic N) is 6. The summed E-state index contributed by atoms with van der Waals surface area (Å²) in [5.41, 5.74) is 1.55. The molecule has 0 saturated carbocycles. The lowest BCUT2D eigenvalue weighted by Gasteiger charge is -2.34. The van der Waals surface area contributed by atoms with Crippen molar-refractivity contribution < 1.29 is 22.0 Å². The fourth-order valence-electron chi connectivity index (χ4n) is 3.33. The summed E-state index contributed by atoms with van der Waals surface area (Å²) in [7, 11) is -4.11. The van der Waals surface area contributed by atoms with Crippen LogP contribution in [0.2, 0.25) is 0 Å². The smallest absolute Gasteiger partial charge is 0.246 e.